The van der Waals surface area contributed by atoms with Crippen molar-refractivity contribution in [3.63, 3.8) is 0 Å². The number of rotatable bonds is 3. The molecule has 15 heavy (non-hydrogen) atoms. The number of piperidine rings is 1. The number of carbonyl (C=O) groups is 1. The van der Waals surface area contributed by atoms with E-state index in [0.29, 0.717) is 12.8 Å². The Hall–Kier alpha value is -0.780. The van der Waals surface area contributed by atoms with Gasteiger partial charge in [-0.15, -0.1) is 0 Å². The number of nitrogens with one attached hydrogen (secondary N) is 2. The van der Waals surface area contributed by atoms with Gasteiger partial charge in [0.25, 0.3) is 0 Å². The first kappa shape index (κ1) is 12.3. The van der Waals surface area contributed by atoms with E-state index in [4.69, 9.17) is 0 Å². The van der Waals surface area contributed by atoms with Crippen LogP contribution in [0.15, 0.2) is 0 Å². The molecule has 1 fully saturated rings. The van der Waals surface area contributed by atoms with Crippen LogP contribution in [0, 0.1) is 5.92 Å². The molecule has 0 atom stereocenters. The zero-order valence-electron chi connectivity index (χ0n) is 8.36. The van der Waals surface area contributed by atoms with Crippen LogP contribution in [0.2, 0.25) is 0 Å². The second-order valence-electron chi connectivity index (χ2n) is 3.68. The van der Waals surface area contributed by atoms with Gasteiger partial charge in [0.2, 0.25) is 5.91 Å². The zero-order valence-corrected chi connectivity index (χ0v) is 8.36. The van der Waals surface area contributed by atoms with Crippen molar-refractivity contribution in [2.24, 2.45) is 5.92 Å². The lowest BCUT2D eigenvalue weighted by Gasteiger charge is -2.21. The Morgan fingerprint density at radius 2 is 1.93 bits per heavy atom. The Balaban J connectivity index is 2.17. The van der Waals surface area contributed by atoms with Crippen molar-refractivity contribution in [3.8, 4) is 0 Å². The molecule has 0 aliphatic carbocycles. The van der Waals surface area contributed by atoms with Crippen molar-refractivity contribution in [3.05, 3.63) is 0 Å². The lowest BCUT2D eigenvalue weighted by molar-refractivity contribution is -0.136. The van der Waals surface area contributed by atoms with Gasteiger partial charge in [-0.25, -0.2) is 0 Å². The molecule has 1 heterocycles. The summed E-state index contributed by atoms with van der Waals surface area (Å²) >= 11 is 0. The zero-order chi connectivity index (χ0) is 11.3. The van der Waals surface area contributed by atoms with E-state index in [1.165, 1.54) is 0 Å². The standard InChI is InChI=1S/C9H15F3N2O/c10-9(11,12)3-6-14-8(15)7-1-4-13-5-2-7/h7,13H,1-6H2,(H,14,15). The predicted molar refractivity (Wildman–Crippen MR) is 49.3 cm³/mol. The first-order valence-corrected chi connectivity index (χ1v) is 5.04. The third kappa shape index (κ3) is 5.01. The quantitative estimate of drug-likeness (QED) is 0.752. The molecule has 1 amide bonds. The number of amides is 1. The lowest BCUT2D eigenvalue weighted by atomic mass is 9.97. The molecule has 0 aromatic rings. The van der Waals surface area contributed by atoms with Crippen LogP contribution in [0.25, 0.3) is 0 Å². The summed E-state index contributed by atoms with van der Waals surface area (Å²) in [6.07, 6.45) is -3.74. The maximum absolute atomic E-state index is 11.8. The minimum atomic E-state index is -4.19. The van der Waals surface area contributed by atoms with E-state index in [-0.39, 0.29) is 18.4 Å². The van der Waals surface area contributed by atoms with Crippen LogP contribution in [0.1, 0.15) is 19.3 Å². The summed E-state index contributed by atoms with van der Waals surface area (Å²) in [6.45, 7) is 1.21. The average molecular weight is 224 g/mol. The summed E-state index contributed by atoms with van der Waals surface area (Å²) in [5.41, 5.74) is 0. The second kappa shape index (κ2) is 5.34. The van der Waals surface area contributed by atoms with Crippen molar-refractivity contribution in [2.75, 3.05) is 19.6 Å². The highest BCUT2D eigenvalue weighted by molar-refractivity contribution is 5.78. The summed E-state index contributed by atoms with van der Waals surface area (Å²) in [5, 5.41) is 5.41. The minimum Gasteiger partial charge on any atom is -0.356 e. The van der Waals surface area contributed by atoms with Gasteiger partial charge in [0.15, 0.2) is 0 Å². The molecule has 1 saturated heterocycles. The molecule has 0 aromatic heterocycles. The summed E-state index contributed by atoms with van der Waals surface area (Å²) in [6, 6.07) is 0. The molecule has 3 nitrogen and oxygen atoms in total. The predicted octanol–water partition coefficient (Wildman–Crippen LogP) is 1.05. The van der Waals surface area contributed by atoms with Gasteiger partial charge in [0.1, 0.15) is 0 Å². The number of alkyl halides is 3. The highest BCUT2D eigenvalue weighted by Gasteiger charge is 2.27. The molecule has 0 unspecified atom stereocenters. The number of hydrogen-bond donors (Lipinski definition) is 2. The largest absolute Gasteiger partial charge is 0.390 e. The Kier molecular flexibility index (Phi) is 4.38. The summed E-state index contributed by atoms with van der Waals surface area (Å²) in [4.78, 5) is 11.4. The van der Waals surface area contributed by atoms with Gasteiger partial charge in [-0.3, -0.25) is 4.79 Å². The number of carbonyl (C=O) groups excluding carboxylic acids is 1. The van der Waals surface area contributed by atoms with Gasteiger partial charge in [-0.2, -0.15) is 13.2 Å². The fourth-order valence-electron chi connectivity index (χ4n) is 1.56. The monoisotopic (exact) mass is 224 g/mol. The van der Waals surface area contributed by atoms with Gasteiger partial charge in [0.05, 0.1) is 6.42 Å². The fourth-order valence-corrected chi connectivity index (χ4v) is 1.56. The molecule has 0 aromatic carbocycles. The molecular formula is C9H15F3N2O. The van der Waals surface area contributed by atoms with Crippen LogP contribution < -0.4 is 10.6 Å². The van der Waals surface area contributed by atoms with E-state index < -0.39 is 12.6 Å². The van der Waals surface area contributed by atoms with Crippen LogP contribution >= 0.6 is 0 Å². The highest BCUT2D eigenvalue weighted by Crippen LogP contribution is 2.18. The van der Waals surface area contributed by atoms with E-state index in [9.17, 15) is 18.0 Å². The molecule has 0 radical (unpaired) electrons. The molecule has 0 bridgehead atoms. The molecule has 1 aliphatic rings. The van der Waals surface area contributed by atoms with Gasteiger partial charge in [-0.05, 0) is 25.9 Å². The lowest BCUT2D eigenvalue weighted by Crippen LogP contribution is -2.39. The van der Waals surface area contributed by atoms with Gasteiger partial charge >= 0.3 is 6.18 Å². The molecule has 1 aliphatic heterocycles. The smallest absolute Gasteiger partial charge is 0.356 e. The maximum Gasteiger partial charge on any atom is 0.390 e. The fraction of sp³-hybridized carbons (Fsp3) is 0.889. The maximum atomic E-state index is 11.8. The first-order chi connectivity index (χ1) is 6.99. The first-order valence-electron chi connectivity index (χ1n) is 5.04. The van der Waals surface area contributed by atoms with Gasteiger partial charge < -0.3 is 10.6 Å². The molecule has 0 spiro atoms. The van der Waals surface area contributed by atoms with Crippen LogP contribution in [0.4, 0.5) is 13.2 Å². The van der Waals surface area contributed by atoms with E-state index >= 15 is 0 Å². The van der Waals surface area contributed by atoms with Crippen LogP contribution in [0.5, 0.6) is 0 Å². The minimum absolute atomic E-state index is 0.125. The molecule has 88 valence electrons. The Bertz CT molecular complexity index is 212. The van der Waals surface area contributed by atoms with Crippen molar-refractivity contribution in [1.29, 1.82) is 0 Å². The van der Waals surface area contributed by atoms with Crippen LogP contribution in [0.3, 0.4) is 0 Å². The highest BCUT2D eigenvalue weighted by atomic mass is 19.4. The normalized spacial score (nSPS) is 18.9. The summed E-state index contributed by atoms with van der Waals surface area (Å²) < 4.78 is 35.4. The van der Waals surface area contributed by atoms with E-state index in [1.54, 1.807) is 0 Å². The SMILES string of the molecule is O=C(NCCC(F)(F)F)C1CCNCC1. The van der Waals surface area contributed by atoms with Crippen molar-refractivity contribution >= 4 is 5.91 Å². The van der Waals surface area contributed by atoms with Crippen LogP contribution in [-0.4, -0.2) is 31.7 Å². The Morgan fingerprint density at radius 1 is 1.33 bits per heavy atom. The molecule has 0 saturated carbocycles. The topological polar surface area (TPSA) is 41.1 Å². The second-order valence-corrected chi connectivity index (χ2v) is 3.68. The van der Waals surface area contributed by atoms with E-state index in [1.807, 2.05) is 0 Å². The summed E-state index contributed by atoms with van der Waals surface area (Å²) in [5.74, 6) is -0.375. The molecule has 2 N–H and O–H groups in total. The number of halogens is 3. The molecular weight excluding hydrogens is 209 g/mol. The van der Waals surface area contributed by atoms with Crippen molar-refractivity contribution in [2.45, 2.75) is 25.4 Å². The summed E-state index contributed by atoms with van der Waals surface area (Å²) in [7, 11) is 0. The Morgan fingerprint density at radius 3 is 2.47 bits per heavy atom. The third-order valence-corrected chi connectivity index (χ3v) is 2.42. The third-order valence-electron chi connectivity index (χ3n) is 2.42. The molecule has 6 heteroatoms. The van der Waals surface area contributed by atoms with E-state index in [2.05, 4.69) is 10.6 Å². The van der Waals surface area contributed by atoms with Gasteiger partial charge in [-0.1, -0.05) is 0 Å². The van der Waals surface area contributed by atoms with Crippen molar-refractivity contribution < 1.29 is 18.0 Å². The Labute approximate surface area is 86.4 Å². The van der Waals surface area contributed by atoms with Crippen LogP contribution in [-0.2, 0) is 4.79 Å². The number of hydrogen-bond acceptors (Lipinski definition) is 2. The van der Waals surface area contributed by atoms with Gasteiger partial charge in [0, 0.05) is 12.5 Å². The molecule has 1 rings (SSSR count). The van der Waals surface area contributed by atoms with E-state index in [0.717, 1.165) is 13.1 Å². The average Bonchev–Trinajstić information content (AvgIpc) is 2.17. The van der Waals surface area contributed by atoms with Crippen molar-refractivity contribution in [1.82, 2.24) is 10.6 Å².